The van der Waals surface area contributed by atoms with Crippen molar-refractivity contribution in [3.05, 3.63) is 63.9 Å². The molecule has 0 bridgehead atoms. The maximum atomic E-state index is 12.2. The predicted octanol–water partition coefficient (Wildman–Crippen LogP) is 1.76. The maximum absolute atomic E-state index is 12.2. The van der Waals surface area contributed by atoms with E-state index in [1.54, 1.807) is 23.1 Å². The fraction of sp³-hybridized carbons (Fsp3) is 0.143. The molecule has 9 nitrogen and oxygen atoms in total. The first-order valence-corrected chi connectivity index (χ1v) is 9.50. The summed E-state index contributed by atoms with van der Waals surface area (Å²) in [6.45, 7) is 0.132. The van der Waals surface area contributed by atoms with Crippen molar-refractivity contribution in [1.29, 1.82) is 0 Å². The number of thiazole rings is 1. The molecule has 0 saturated carbocycles. The lowest BCUT2D eigenvalue weighted by molar-refractivity contribution is -0.385. The Hall–Kier alpha value is -2.63. The summed E-state index contributed by atoms with van der Waals surface area (Å²) in [5, 5.41) is 17.4. The monoisotopic (exact) mass is 379 g/mol. The molecule has 0 radical (unpaired) electrons. The van der Waals surface area contributed by atoms with Crippen LogP contribution in [0.1, 0.15) is 5.69 Å². The highest BCUT2D eigenvalue weighted by Crippen LogP contribution is 2.17. The molecule has 1 aromatic carbocycles. The van der Waals surface area contributed by atoms with Crippen molar-refractivity contribution in [2.24, 2.45) is 0 Å². The van der Waals surface area contributed by atoms with Crippen LogP contribution in [-0.4, -0.2) is 34.7 Å². The van der Waals surface area contributed by atoms with Crippen molar-refractivity contribution < 1.29 is 13.3 Å². The lowest BCUT2D eigenvalue weighted by atomic mass is 10.3. The summed E-state index contributed by atoms with van der Waals surface area (Å²) in [5.41, 5.74) is 0.462. The first-order chi connectivity index (χ1) is 12.0. The van der Waals surface area contributed by atoms with E-state index in [1.807, 2.05) is 5.38 Å². The number of aromatic nitrogens is 3. The van der Waals surface area contributed by atoms with Gasteiger partial charge in [0.05, 0.1) is 15.5 Å². The molecule has 0 aliphatic rings. The standard InChI is InChI=1S/C14H13N5O4S2/c20-19(21)12-3-1-4-13(9-12)25(22,23)16-7-5-11-10-24-14(17-11)18-8-2-6-15-18/h1-4,6,8-10,16H,5,7H2. The lowest BCUT2D eigenvalue weighted by Crippen LogP contribution is -2.26. The third-order valence-corrected chi connectivity index (χ3v) is 5.59. The van der Waals surface area contributed by atoms with Gasteiger partial charge in [-0.2, -0.15) is 5.10 Å². The molecule has 130 valence electrons. The Morgan fingerprint density at radius 2 is 2.16 bits per heavy atom. The van der Waals surface area contributed by atoms with E-state index in [2.05, 4.69) is 14.8 Å². The molecule has 0 spiro atoms. The Balaban J connectivity index is 1.63. The zero-order chi connectivity index (χ0) is 17.9. The minimum atomic E-state index is -3.82. The normalized spacial score (nSPS) is 11.5. The molecule has 0 fully saturated rings. The van der Waals surface area contributed by atoms with Gasteiger partial charge >= 0.3 is 0 Å². The van der Waals surface area contributed by atoms with Crippen LogP contribution in [0, 0.1) is 10.1 Å². The summed E-state index contributed by atoms with van der Waals surface area (Å²) in [7, 11) is -3.82. The van der Waals surface area contributed by atoms with Gasteiger partial charge in [0.25, 0.3) is 5.69 Å². The fourth-order valence-corrected chi connectivity index (χ4v) is 3.93. The van der Waals surface area contributed by atoms with Gasteiger partial charge in [-0.05, 0) is 12.1 Å². The fourth-order valence-electron chi connectivity index (χ4n) is 2.06. The van der Waals surface area contributed by atoms with Crippen LogP contribution >= 0.6 is 11.3 Å². The first-order valence-electron chi connectivity index (χ1n) is 7.14. The third-order valence-electron chi connectivity index (χ3n) is 3.25. The van der Waals surface area contributed by atoms with Crippen LogP contribution in [0.2, 0.25) is 0 Å². The Bertz CT molecular complexity index is 982. The van der Waals surface area contributed by atoms with Gasteiger partial charge in [-0.15, -0.1) is 11.3 Å². The van der Waals surface area contributed by atoms with Crippen LogP contribution < -0.4 is 4.72 Å². The van der Waals surface area contributed by atoms with Crippen LogP contribution in [-0.2, 0) is 16.4 Å². The number of hydrogen-bond donors (Lipinski definition) is 1. The molecule has 2 aromatic heterocycles. The van der Waals surface area contributed by atoms with E-state index in [1.165, 1.54) is 29.5 Å². The Labute approximate surface area is 147 Å². The number of hydrogen-bond acceptors (Lipinski definition) is 7. The quantitative estimate of drug-likeness (QED) is 0.493. The number of sulfonamides is 1. The summed E-state index contributed by atoms with van der Waals surface area (Å²) < 4.78 is 28.5. The number of nitro groups is 1. The molecule has 1 N–H and O–H groups in total. The number of benzene rings is 1. The molecule has 0 amide bonds. The molecule has 0 aliphatic carbocycles. The molecule has 0 atom stereocenters. The van der Waals surface area contributed by atoms with Crippen LogP contribution in [0.3, 0.4) is 0 Å². The van der Waals surface area contributed by atoms with Gasteiger partial charge in [0.15, 0.2) is 0 Å². The SMILES string of the molecule is O=[N+]([O-])c1cccc(S(=O)(=O)NCCc2csc(-n3cccn3)n2)c1. The Morgan fingerprint density at radius 1 is 1.32 bits per heavy atom. The summed E-state index contributed by atoms with van der Waals surface area (Å²) in [6, 6.07) is 6.71. The molecule has 0 aliphatic heterocycles. The Kier molecular flexibility index (Phi) is 4.88. The van der Waals surface area contributed by atoms with Gasteiger partial charge in [-0.25, -0.2) is 22.8 Å². The van der Waals surface area contributed by atoms with Crippen LogP contribution in [0.25, 0.3) is 5.13 Å². The van der Waals surface area contributed by atoms with E-state index in [4.69, 9.17) is 0 Å². The second-order valence-corrected chi connectivity index (χ2v) is 7.58. The van der Waals surface area contributed by atoms with Gasteiger partial charge in [0, 0.05) is 42.9 Å². The molecule has 0 saturated heterocycles. The van der Waals surface area contributed by atoms with Gasteiger partial charge in [-0.3, -0.25) is 10.1 Å². The van der Waals surface area contributed by atoms with E-state index in [-0.39, 0.29) is 17.1 Å². The van der Waals surface area contributed by atoms with Gasteiger partial charge < -0.3 is 0 Å². The molecule has 3 aromatic rings. The molecule has 25 heavy (non-hydrogen) atoms. The number of rotatable bonds is 7. The van der Waals surface area contributed by atoms with Crippen molar-refractivity contribution in [2.75, 3.05) is 6.54 Å². The van der Waals surface area contributed by atoms with Gasteiger partial charge in [-0.1, -0.05) is 6.07 Å². The summed E-state index contributed by atoms with van der Waals surface area (Å²) in [6.07, 6.45) is 3.81. The number of nitrogens with one attached hydrogen (secondary N) is 1. The smallest absolute Gasteiger partial charge is 0.258 e. The zero-order valence-electron chi connectivity index (χ0n) is 12.8. The van der Waals surface area contributed by atoms with E-state index < -0.39 is 14.9 Å². The minimum Gasteiger partial charge on any atom is -0.258 e. The molecule has 2 heterocycles. The summed E-state index contributed by atoms with van der Waals surface area (Å²) in [4.78, 5) is 14.4. The first kappa shape index (κ1) is 17.2. The molecular formula is C14H13N5O4S2. The van der Waals surface area contributed by atoms with Crippen molar-refractivity contribution in [1.82, 2.24) is 19.5 Å². The topological polar surface area (TPSA) is 120 Å². The van der Waals surface area contributed by atoms with E-state index in [0.29, 0.717) is 11.6 Å². The van der Waals surface area contributed by atoms with Crippen molar-refractivity contribution in [2.45, 2.75) is 11.3 Å². The average molecular weight is 379 g/mol. The third kappa shape index (κ3) is 4.07. The van der Waals surface area contributed by atoms with Crippen molar-refractivity contribution in [3.63, 3.8) is 0 Å². The number of nitrogens with zero attached hydrogens (tertiary/aromatic N) is 4. The largest absolute Gasteiger partial charge is 0.270 e. The molecular weight excluding hydrogens is 366 g/mol. The van der Waals surface area contributed by atoms with Gasteiger partial charge in [0.1, 0.15) is 0 Å². The predicted molar refractivity (Wildman–Crippen MR) is 91.2 cm³/mol. The highest BCUT2D eigenvalue weighted by Gasteiger charge is 2.17. The van der Waals surface area contributed by atoms with E-state index in [9.17, 15) is 18.5 Å². The lowest BCUT2D eigenvalue weighted by Gasteiger charge is -2.05. The molecule has 0 unspecified atom stereocenters. The van der Waals surface area contributed by atoms with E-state index in [0.717, 1.165) is 11.8 Å². The van der Waals surface area contributed by atoms with Gasteiger partial charge in [0.2, 0.25) is 15.2 Å². The second-order valence-electron chi connectivity index (χ2n) is 4.97. The second kappa shape index (κ2) is 7.09. The average Bonchev–Trinajstić information content (AvgIpc) is 3.26. The highest BCUT2D eigenvalue weighted by molar-refractivity contribution is 7.89. The van der Waals surface area contributed by atoms with Crippen LogP contribution in [0.4, 0.5) is 5.69 Å². The molecule has 3 rings (SSSR count). The number of non-ortho nitro benzene ring substituents is 1. The number of nitro benzene ring substituents is 1. The zero-order valence-corrected chi connectivity index (χ0v) is 14.4. The maximum Gasteiger partial charge on any atom is 0.270 e. The van der Waals surface area contributed by atoms with E-state index >= 15 is 0 Å². The van der Waals surface area contributed by atoms with Crippen LogP contribution in [0.15, 0.2) is 53.0 Å². The van der Waals surface area contributed by atoms with Crippen molar-refractivity contribution >= 4 is 27.0 Å². The minimum absolute atomic E-state index is 0.132. The van der Waals surface area contributed by atoms with Crippen LogP contribution in [0.5, 0.6) is 0 Å². The summed E-state index contributed by atoms with van der Waals surface area (Å²) in [5.74, 6) is 0. The Morgan fingerprint density at radius 3 is 2.88 bits per heavy atom. The highest BCUT2D eigenvalue weighted by atomic mass is 32.2. The van der Waals surface area contributed by atoms with Crippen molar-refractivity contribution in [3.8, 4) is 5.13 Å². The summed E-state index contributed by atoms with van der Waals surface area (Å²) >= 11 is 1.40. The molecule has 11 heteroatoms.